The van der Waals surface area contributed by atoms with Gasteiger partial charge in [-0.2, -0.15) is 0 Å². The van der Waals surface area contributed by atoms with Gasteiger partial charge in [-0.05, 0) is 30.7 Å². The quantitative estimate of drug-likeness (QED) is 0.769. The third kappa shape index (κ3) is 2.17. The van der Waals surface area contributed by atoms with Gasteiger partial charge in [-0.15, -0.1) is 12.3 Å². The zero-order valence-electron chi connectivity index (χ0n) is 11.7. The van der Waals surface area contributed by atoms with Crippen molar-refractivity contribution in [3.63, 3.8) is 0 Å². The second-order valence-electron chi connectivity index (χ2n) is 5.92. The summed E-state index contributed by atoms with van der Waals surface area (Å²) in [4.78, 5) is 12.6. The first-order valence-electron chi connectivity index (χ1n) is 7.42. The molecule has 1 aliphatic heterocycles. The Morgan fingerprint density at radius 1 is 1.35 bits per heavy atom. The van der Waals surface area contributed by atoms with E-state index < -0.39 is 5.60 Å². The summed E-state index contributed by atoms with van der Waals surface area (Å²) in [5.74, 6) is 3.46. The number of ketones is 1. The number of hydrogen-bond donors (Lipinski definition) is 0. The predicted molar refractivity (Wildman–Crippen MR) is 78.3 cm³/mol. The van der Waals surface area contributed by atoms with E-state index in [-0.39, 0.29) is 17.6 Å². The molecule has 104 valence electrons. The minimum absolute atomic E-state index is 0.197. The molecule has 3 atom stereocenters. The average Bonchev–Trinajstić information content (AvgIpc) is 2.81. The lowest BCUT2D eigenvalue weighted by atomic mass is 9.77. The van der Waals surface area contributed by atoms with Gasteiger partial charge in [-0.3, -0.25) is 4.79 Å². The van der Waals surface area contributed by atoms with Crippen molar-refractivity contribution in [2.45, 2.75) is 43.6 Å². The van der Waals surface area contributed by atoms with E-state index in [4.69, 9.17) is 11.2 Å². The lowest BCUT2D eigenvalue weighted by Gasteiger charge is -2.39. The Labute approximate surface area is 120 Å². The number of carbonyl (C=O) groups is 1. The zero-order chi connectivity index (χ0) is 14.0. The maximum absolute atomic E-state index is 12.6. The molecule has 1 aromatic rings. The summed E-state index contributed by atoms with van der Waals surface area (Å²) in [6, 6.07) is 10.3. The Morgan fingerprint density at radius 3 is 2.90 bits per heavy atom. The first-order valence-corrected chi connectivity index (χ1v) is 7.42. The molecule has 0 radical (unpaired) electrons. The van der Waals surface area contributed by atoms with Crippen molar-refractivity contribution in [3.05, 3.63) is 35.9 Å². The normalized spacial score (nSPS) is 33.2. The molecule has 1 heterocycles. The smallest absolute Gasteiger partial charge is 0.165 e. The first-order chi connectivity index (χ1) is 9.76. The highest BCUT2D eigenvalue weighted by molar-refractivity contribution is 5.91. The number of ether oxygens (including phenoxy) is 1. The zero-order valence-corrected chi connectivity index (χ0v) is 11.7. The largest absolute Gasteiger partial charge is 0.367 e. The summed E-state index contributed by atoms with van der Waals surface area (Å²) in [6.45, 7) is 0.689. The van der Waals surface area contributed by atoms with Gasteiger partial charge in [-0.25, -0.2) is 0 Å². The third-order valence-electron chi connectivity index (χ3n) is 4.80. The van der Waals surface area contributed by atoms with E-state index in [0.717, 1.165) is 19.3 Å². The van der Waals surface area contributed by atoms with Crippen molar-refractivity contribution in [2.75, 3.05) is 6.61 Å². The molecule has 2 aliphatic rings. The van der Waals surface area contributed by atoms with Crippen LogP contribution in [0.3, 0.4) is 0 Å². The Bertz CT molecular complexity index is 528. The van der Waals surface area contributed by atoms with Crippen LogP contribution in [0, 0.1) is 18.3 Å². The van der Waals surface area contributed by atoms with Gasteiger partial charge >= 0.3 is 0 Å². The molecular weight excluding hydrogens is 248 g/mol. The summed E-state index contributed by atoms with van der Waals surface area (Å²) in [5, 5.41) is 0. The first kappa shape index (κ1) is 13.4. The molecule has 20 heavy (non-hydrogen) atoms. The highest BCUT2D eigenvalue weighted by Gasteiger charge is 2.53. The monoisotopic (exact) mass is 268 g/mol. The highest BCUT2D eigenvalue weighted by atomic mass is 16.5. The summed E-state index contributed by atoms with van der Waals surface area (Å²) < 4.78 is 6.01. The Balaban J connectivity index is 1.87. The van der Waals surface area contributed by atoms with Gasteiger partial charge in [0.1, 0.15) is 5.60 Å². The number of benzene rings is 1. The van der Waals surface area contributed by atoms with Crippen LogP contribution < -0.4 is 0 Å². The molecule has 1 aromatic carbocycles. The molecule has 0 amide bonds. The summed E-state index contributed by atoms with van der Waals surface area (Å²) in [7, 11) is 0. The molecular formula is C18H20O2. The van der Waals surface area contributed by atoms with Crippen LogP contribution in [0.25, 0.3) is 0 Å². The standard InChI is InChI=1S/C18H20O2/c1-2-7-16-10-6-11-20-18(16)13-15(12-17(18)19)14-8-4-3-5-9-14/h1,3-5,8-9,15-16H,6-7,10-13H2/t15?,16-,18+/m0/s1. The van der Waals surface area contributed by atoms with Gasteiger partial charge < -0.3 is 4.74 Å². The number of Topliss-reactive ketones (excluding diaryl/α,β-unsaturated/α-hetero) is 1. The Hall–Kier alpha value is -1.59. The van der Waals surface area contributed by atoms with E-state index >= 15 is 0 Å². The van der Waals surface area contributed by atoms with Crippen molar-refractivity contribution < 1.29 is 9.53 Å². The minimum Gasteiger partial charge on any atom is -0.367 e. The predicted octanol–water partition coefficient (Wildman–Crippen LogP) is 3.32. The van der Waals surface area contributed by atoms with Crippen molar-refractivity contribution in [1.82, 2.24) is 0 Å². The van der Waals surface area contributed by atoms with E-state index in [1.807, 2.05) is 18.2 Å². The second kappa shape index (κ2) is 5.42. The molecule has 1 saturated heterocycles. The van der Waals surface area contributed by atoms with Crippen LogP contribution >= 0.6 is 0 Å². The van der Waals surface area contributed by atoms with Crippen LogP contribution in [0.1, 0.15) is 43.6 Å². The van der Waals surface area contributed by atoms with E-state index in [0.29, 0.717) is 19.4 Å². The van der Waals surface area contributed by atoms with Crippen LogP contribution in [0.2, 0.25) is 0 Å². The van der Waals surface area contributed by atoms with Crippen LogP contribution in [0.4, 0.5) is 0 Å². The van der Waals surface area contributed by atoms with Gasteiger partial charge in [0.25, 0.3) is 0 Å². The fourth-order valence-corrected chi connectivity index (χ4v) is 3.79. The highest BCUT2D eigenvalue weighted by Crippen LogP contribution is 2.48. The average molecular weight is 268 g/mol. The third-order valence-corrected chi connectivity index (χ3v) is 4.80. The molecule has 0 aromatic heterocycles. The van der Waals surface area contributed by atoms with Crippen molar-refractivity contribution in [2.24, 2.45) is 5.92 Å². The summed E-state index contributed by atoms with van der Waals surface area (Å²) in [6.07, 6.45) is 9.54. The molecule has 0 N–H and O–H groups in total. The SMILES string of the molecule is C#CC[C@H]1CCCO[C@]12CC(c1ccccc1)CC2=O. The molecule has 0 bridgehead atoms. The molecule has 3 rings (SSSR count). The summed E-state index contributed by atoms with van der Waals surface area (Å²) >= 11 is 0. The van der Waals surface area contributed by atoms with E-state index in [9.17, 15) is 4.79 Å². The van der Waals surface area contributed by atoms with Gasteiger partial charge in [0.2, 0.25) is 0 Å². The van der Waals surface area contributed by atoms with E-state index in [1.165, 1.54) is 5.56 Å². The number of rotatable bonds is 2. The lowest BCUT2D eigenvalue weighted by Crippen LogP contribution is -2.47. The lowest BCUT2D eigenvalue weighted by molar-refractivity contribution is -0.156. The van der Waals surface area contributed by atoms with Crippen molar-refractivity contribution >= 4 is 5.78 Å². The summed E-state index contributed by atoms with van der Waals surface area (Å²) in [5.41, 5.74) is 0.636. The fraction of sp³-hybridized carbons (Fsp3) is 0.500. The van der Waals surface area contributed by atoms with Crippen LogP contribution in [0.15, 0.2) is 30.3 Å². The number of terminal acetylenes is 1. The maximum Gasteiger partial charge on any atom is 0.165 e. The van der Waals surface area contributed by atoms with Gasteiger partial charge in [0.05, 0.1) is 0 Å². The molecule has 1 aliphatic carbocycles. The number of hydrogen-bond acceptors (Lipinski definition) is 2. The maximum atomic E-state index is 12.6. The van der Waals surface area contributed by atoms with Gasteiger partial charge in [-0.1, -0.05) is 30.3 Å². The minimum atomic E-state index is -0.606. The molecule has 1 unspecified atom stereocenters. The second-order valence-corrected chi connectivity index (χ2v) is 5.92. The molecule has 2 nitrogen and oxygen atoms in total. The van der Waals surface area contributed by atoms with Crippen LogP contribution in [0.5, 0.6) is 0 Å². The topological polar surface area (TPSA) is 26.3 Å². The fourth-order valence-electron chi connectivity index (χ4n) is 3.79. The van der Waals surface area contributed by atoms with Crippen molar-refractivity contribution in [1.29, 1.82) is 0 Å². The Morgan fingerprint density at radius 2 is 2.15 bits per heavy atom. The van der Waals surface area contributed by atoms with Crippen LogP contribution in [-0.4, -0.2) is 18.0 Å². The van der Waals surface area contributed by atoms with Gasteiger partial charge in [0.15, 0.2) is 5.78 Å². The molecule has 1 spiro atoms. The molecule has 1 saturated carbocycles. The molecule has 2 heteroatoms. The van der Waals surface area contributed by atoms with Crippen LogP contribution in [-0.2, 0) is 9.53 Å². The van der Waals surface area contributed by atoms with E-state index in [2.05, 4.69) is 18.1 Å². The number of carbonyl (C=O) groups excluding carboxylic acids is 1. The van der Waals surface area contributed by atoms with E-state index in [1.54, 1.807) is 0 Å². The van der Waals surface area contributed by atoms with Crippen molar-refractivity contribution in [3.8, 4) is 12.3 Å². The Kier molecular flexibility index (Phi) is 3.63. The molecule has 2 fully saturated rings. The van der Waals surface area contributed by atoms with Gasteiger partial charge in [0, 0.05) is 25.4 Å².